The molecular formula is C17H18BrN3O3S. The number of rotatable bonds is 5. The highest BCUT2D eigenvalue weighted by atomic mass is 79.9. The third kappa shape index (κ3) is 3.69. The van der Waals surface area contributed by atoms with Gasteiger partial charge in [-0.2, -0.15) is 0 Å². The van der Waals surface area contributed by atoms with Crippen molar-refractivity contribution in [1.29, 1.82) is 0 Å². The zero-order valence-electron chi connectivity index (χ0n) is 13.9. The lowest BCUT2D eigenvalue weighted by Gasteiger charge is -2.20. The molecule has 3 rings (SSSR count). The highest BCUT2D eigenvalue weighted by Gasteiger charge is 2.28. The Kier molecular flexibility index (Phi) is 5.10. The van der Waals surface area contributed by atoms with Crippen LogP contribution in [0.5, 0.6) is 0 Å². The zero-order chi connectivity index (χ0) is 18.1. The highest BCUT2D eigenvalue weighted by molar-refractivity contribution is 9.11. The van der Waals surface area contributed by atoms with Crippen molar-refractivity contribution in [2.45, 2.75) is 32.6 Å². The van der Waals surface area contributed by atoms with E-state index in [9.17, 15) is 9.59 Å². The third-order valence-electron chi connectivity index (χ3n) is 3.98. The number of ether oxygens (including phenoxy) is 1. The topological polar surface area (TPSA) is 85.5 Å². The van der Waals surface area contributed by atoms with E-state index in [2.05, 4.69) is 27.0 Å². The molecule has 2 N–H and O–H groups in total. The number of nitrogens with two attached hydrogens (primary N) is 1. The van der Waals surface area contributed by atoms with Crippen LogP contribution in [0.4, 0.5) is 15.6 Å². The summed E-state index contributed by atoms with van der Waals surface area (Å²) in [7, 11) is 0. The molecule has 0 unspecified atom stereocenters. The number of urea groups is 1. The molecule has 1 aromatic heterocycles. The van der Waals surface area contributed by atoms with Crippen LogP contribution in [0.1, 0.15) is 47.3 Å². The van der Waals surface area contributed by atoms with Crippen molar-refractivity contribution >= 4 is 50.1 Å². The maximum Gasteiger partial charge on any atom is 0.359 e. The SMILES string of the molecule is CCOC(=O)c1nc(N(C(N)=O)c2cc(C3CC3)ccc2C)sc1Br. The molecule has 1 fully saturated rings. The predicted molar refractivity (Wildman–Crippen MR) is 101 cm³/mol. The predicted octanol–water partition coefficient (Wildman–Crippen LogP) is 4.48. The maximum absolute atomic E-state index is 12.1. The van der Waals surface area contributed by atoms with Crippen molar-refractivity contribution in [3.05, 3.63) is 38.8 Å². The van der Waals surface area contributed by atoms with Crippen molar-refractivity contribution in [2.24, 2.45) is 5.73 Å². The number of esters is 1. The highest BCUT2D eigenvalue weighted by Crippen LogP contribution is 2.43. The summed E-state index contributed by atoms with van der Waals surface area (Å²) in [5.41, 5.74) is 8.56. The summed E-state index contributed by atoms with van der Waals surface area (Å²) in [5.74, 6) is 0.0111. The monoisotopic (exact) mass is 423 g/mol. The van der Waals surface area contributed by atoms with Crippen LogP contribution in [-0.2, 0) is 4.74 Å². The molecule has 1 aliphatic carbocycles. The number of anilines is 2. The summed E-state index contributed by atoms with van der Waals surface area (Å²) in [6, 6.07) is 5.40. The Balaban J connectivity index is 2.03. The van der Waals surface area contributed by atoms with Crippen LogP contribution < -0.4 is 10.6 Å². The number of amides is 2. The fraction of sp³-hybridized carbons (Fsp3) is 0.353. The van der Waals surface area contributed by atoms with E-state index in [1.807, 2.05) is 19.1 Å². The number of benzene rings is 1. The number of carbonyl (C=O) groups is 2. The van der Waals surface area contributed by atoms with Gasteiger partial charge in [-0.05, 0) is 65.7 Å². The normalized spacial score (nSPS) is 13.6. The fourth-order valence-electron chi connectivity index (χ4n) is 2.57. The number of thiazole rings is 1. The molecule has 132 valence electrons. The molecule has 1 aliphatic rings. The van der Waals surface area contributed by atoms with Crippen LogP contribution >= 0.6 is 27.3 Å². The van der Waals surface area contributed by atoms with Crippen LogP contribution in [-0.4, -0.2) is 23.6 Å². The average Bonchev–Trinajstić information content (AvgIpc) is 3.32. The molecule has 6 nitrogen and oxygen atoms in total. The fourth-order valence-corrected chi connectivity index (χ4v) is 4.05. The summed E-state index contributed by atoms with van der Waals surface area (Å²) in [5, 5.41) is 0.332. The van der Waals surface area contributed by atoms with Crippen molar-refractivity contribution in [3.8, 4) is 0 Å². The summed E-state index contributed by atoms with van der Waals surface area (Å²) >= 11 is 4.49. The summed E-state index contributed by atoms with van der Waals surface area (Å²) in [6.07, 6.45) is 2.32. The standard InChI is InChI=1S/C17H18BrN3O3S/c1-3-24-15(22)13-14(18)25-17(20-13)21(16(19)23)12-8-11(10-6-7-10)5-4-9(12)2/h4-5,8,10H,3,6-7H2,1-2H3,(H2,19,23). The first-order valence-electron chi connectivity index (χ1n) is 7.96. The number of halogens is 1. The molecule has 0 bridgehead atoms. The molecule has 1 saturated carbocycles. The average molecular weight is 424 g/mol. The van der Waals surface area contributed by atoms with Crippen LogP contribution in [0.25, 0.3) is 0 Å². The molecule has 0 saturated heterocycles. The second-order valence-corrected chi connectivity index (χ2v) is 8.13. The van der Waals surface area contributed by atoms with Crippen molar-refractivity contribution in [1.82, 2.24) is 4.98 Å². The maximum atomic E-state index is 12.1. The lowest BCUT2D eigenvalue weighted by atomic mass is 10.1. The number of hydrogen-bond donors (Lipinski definition) is 1. The first kappa shape index (κ1) is 17.9. The van der Waals surface area contributed by atoms with Gasteiger partial charge in [0, 0.05) is 0 Å². The largest absolute Gasteiger partial charge is 0.461 e. The van der Waals surface area contributed by atoms with E-state index < -0.39 is 12.0 Å². The third-order valence-corrected chi connectivity index (χ3v) is 5.67. The molecule has 2 amide bonds. The van der Waals surface area contributed by atoms with Gasteiger partial charge in [0.2, 0.25) is 0 Å². The van der Waals surface area contributed by atoms with Crippen LogP contribution in [0.15, 0.2) is 22.0 Å². The Morgan fingerprint density at radius 2 is 2.16 bits per heavy atom. The van der Waals surface area contributed by atoms with Gasteiger partial charge in [0.25, 0.3) is 0 Å². The minimum absolute atomic E-state index is 0.143. The molecule has 2 aromatic rings. The van der Waals surface area contributed by atoms with Crippen LogP contribution in [0.2, 0.25) is 0 Å². The Morgan fingerprint density at radius 3 is 2.76 bits per heavy atom. The second kappa shape index (κ2) is 7.13. The van der Waals surface area contributed by atoms with Crippen molar-refractivity contribution in [3.63, 3.8) is 0 Å². The number of primary amides is 1. The van der Waals surface area contributed by atoms with E-state index in [1.165, 1.54) is 21.8 Å². The van der Waals surface area contributed by atoms with E-state index in [0.717, 1.165) is 18.4 Å². The van der Waals surface area contributed by atoms with Gasteiger partial charge < -0.3 is 10.5 Å². The van der Waals surface area contributed by atoms with Gasteiger partial charge in [0.05, 0.1) is 12.3 Å². The summed E-state index contributed by atoms with van der Waals surface area (Å²) in [4.78, 5) is 29.8. The van der Waals surface area contributed by atoms with Gasteiger partial charge in [-0.25, -0.2) is 19.5 Å². The van der Waals surface area contributed by atoms with Gasteiger partial charge >= 0.3 is 12.0 Å². The van der Waals surface area contributed by atoms with Crippen molar-refractivity contribution in [2.75, 3.05) is 11.5 Å². The first-order valence-corrected chi connectivity index (χ1v) is 9.56. The van der Waals surface area contributed by atoms with Gasteiger partial charge in [0.15, 0.2) is 10.8 Å². The quantitative estimate of drug-likeness (QED) is 0.717. The zero-order valence-corrected chi connectivity index (χ0v) is 16.3. The Morgan fingerprint density at radius 1 is 1.44 bits per heavy atom. The molecule has 0 spiro atoms. The lowest BCUT2D eigenvalue weighted by molar-refractivity contribution is 0.0519. The van der Waals surface area contributed by atoms with E-state index in [0.29, 0.717) is 20.5 Å². The molecule has 1 heterocycles. The second-order valence-electron chi connectivity index (χ2n) is 5.83. The number of aryl methyl sites for hydroxylation is 1. The van der Waals surface area contributed by atoms with Gasteiger partial charge in [-0.15, -0.1) is 0 Å². The van der Waals surface area contributed by atoms with Crippen LogP contribution in [0.3, 0.4) is 0 Å². The molecule has 0 radical (unpaired) electrons. The molecule has 8 heteroatoms. The van der Waals surface area contributed by atoms with E-state index in [4.69, 9.17) is 10.5 Å². The smallest absolute Gasteiger partial charge is 0.359 e. The number of nitrogens with zero attached hydrogens (tertiary/aromatic N) is 2. The number of aromatic nitrogens is 1. The van der Waals surface area contributed by atoms with E-state index >= 15 is 0 Å². The Labute approximate surface area is 158 Å². The van der Waals surface area contributed by atoms with Crippen molar-refractivity contribution < 1.29 is 14.3 Å². The van der Waals surface area contributed by atoms with E-state index in [-0.39, 0.29) is 12.3 Å². The molecule has 25 heavy (non-hydrogen) atoms. The molecule has 0 atom stereocenters. The minimum atomic E-state index is -0.646. The lowest BCUT2D eigenvalue weighted by Crippen LogP contribution is -2.32. The number of hydrogen-bond acceptors (Lipinski definition) is 5. The van der Waals surface area contributed by atoms with Gasteiger partial charge in [-0.1, -0.05) is 23.5 Å². The van der Waals surface area contributed by atoms with Crippen LogP contribution in [0, 0.1) is 6.92 Å². The summed E-state index contributed by atoms with van der Waals surface area (Å²) < 4.78 is 5.49. The molecule has 0 aliphatic heterocycles. The minimum Gasteiger partial charge on any atom is -0.461 e. The Hall–Kier alpha value is -1.93. The molecule has 1 aromatic carbocycles. The summed E-state index contributed by atoms with van der Waals surface area (Å²) in [6.45, 7) is 3.89. The number of carbonyl (C=O) groups excluding carboxylic acids is 2. The molecular weight excluding hydrogens is 406 g/mol. The van der Waals surface area contributed by atoms with Gasteiger partial charge in [0.1, 0.15) is 3.79 Å². The van der Waals surface area contributed by atoms with E-state index in [1.54, 1.807) is 6.92 Å². The first-order chi connectivity index (χ1) is 11.9. The Bertz CT molecular complexity index is 833. The van der Waals surface area contributed by atoms with Gasteiger partial charge in [-0.3, -0.25) is 0 Å².